The van der Waals surface area contributed by atoms with E-state index < -0.39 is 0 Å². The van der Waals surface area contributed by atoms with Gasteiger partial charge in [-0.1, -0.05) is 13.3 Å². The van der Waals surface area contributed by atoms with E-state index in [0.29, 0.717) is 31.7 Å². The van der Waals surface area contributed by atoms with Crippen LogP contribution >= 0.6 is 12.4 Å². The molecule has 18 heavy (non-hydrogen) atoms. The van der Waals surface area contributed by atoms with Crippen LogP contribution in [-0.4, -0.2) is 31.7 Å². The highest BCUT2D eigenvalue weighted by Crippen LogP contribution is 2.31. The summed E-state index contributed by atoms with van der Waals surface area (Å²) >= 11 is 0. The number of nitrogens with one attached hydrogen (secondary N) is 1. The Morgan fingerprint density at radius 1 is 1.39 bits per heavy atom. The number of carbonyl (C=O) groups is 1. The molecule has 3 N–H and O–H groups in total. The summed E-state index contributed by atoms with van der Waals surface area (Å²) in [6, 6.07) is 0.355. The Hall–Kier alpha value is -0.320. The summed E-state index contributed by atoms with van der Waals surface area (Å²) in [7, 11) is 0. The van der Waals surface area contributed by atoms with Crippen molar-refractivity contribution < 1.29 is 9.53 Å². The molecule has 0 aromatic heterocycles. The molecule has 2 rings (SSSR count). The van der Waals surface area contributed by atoms with Gasteiger partial charge in [0.2, 0.25) is 5.91 Å². The van der Waals surface area contributed by atoms with Crippen molar-refractivity contribution in [2.24, 2.45) is 17.1 Å². The molecule has 1 aliphatic heterocycles. The largest absolute Gasteiger partial charge is 0.381 e. The van der Waals surface area contributed by atoms with Crippen LogP contribution in [0.15, 0.2) is 0 Å². The van der Waals surface area contributed by atoms with Gasteiger partial charge in [0.1, 0.15) is 0 Å². The summed E-state index contributed by atoms with van der Waals surface area (Å²) < 4.78 is 5.33. The molecule has 0 radical (unpaired) electrons. The predicted molar refractivity (Wildman–Crippen MR) is 73.7 cm³/mol. The molecule has 2 fully saturated rings. The molecular formula is C13H25ClN2O2. The molecule has 5 heteroatoms. The molecule has 4 nitrogen and oxygen atoms in total. The summed E-state index contributed by atoms with van der Waals surface area (Å²) in [4.78, 5) is 12.4. The Kier molecular flexibility index (Phi) is 5.89. The average Bonchev–Trinajstić information content (AvgIpc) is 2.76. The van der Waals surface area contributed by atoms with Crippen LogP contribution in [0.1, 0.15) is 39.0 Å². The Morgan fingerprint density at radius 2 is 2.06 bits per heavy atom. The van der Waals surface area contributed by atoms with Crippen molar-refractivity contribution in [3.05, 3.63) is 0 Å². The van der Waals surface area contributed by atoms with Gasteiger partial charge in [0.25, 0.3) is 0 Å². The molecule has 1 saturated carbocycles. The number of rotatable bonds is 3. The van der Waals surface area contributed by atoms with Crippen LogP contribution in [0.25, 0.3) is 0 Å². The lowest BCUT2D eigenvalue weighted by molar-refractivity contribution is -0.136. The van der Waals surface area contributed by atoms with E-state index in [2.05, 4.69) is 12.2 Å². The molecule has 0 aromatic carbocycles. The van der Waals surface area contributed by atoms with Crippen molar-refractivity contribution in [3.63, 3.8) is 0 Å². The zero-order valence-corrected chi connectivity index (χ0v) is 11.9. The van der Waals surface area contributed by atoms with Gasteiger partial charge in [0, 0.05) is 25.8 Å². The highest BCUT2D eigenvalue weighted by Gasteiger charge is 2.40. The molecule has 0 bridgehead atoms. The molecule has 1 saturated heterocycles. The summed E-state index contributed by atoms with van der Waals surface area (Å²) in [6.45, 7) is 3.97. The van der Waals surface area contributed by atoms with E-state index in [-0.39, 0.29) is 23.7 Å². The molecule has 2 atom stereocenters. The van der Waals surface area contributed by atoms with E-state index in [9.17, 15) is 4.79 Å². The van der Waals surface area contributed by atoms with Crippen LogP contribution in [0.5, 0.6) is 0 Å². The maximum absolute atomic E-state index is 12.4. The topological polar surface area (TPSA) is 64.4 Å². The van der Waals surface area contributed by atoms with Gasteiger partial charge in [-0.05, 0) is 31.6 Å². The molecule has 1 amide bonds. The fraction of sp³-hybridized carbons (Fsp3) is 0.923. The van der Waals surface area contributed by atoms with Gasteiger partial charge in [-0.15, -0.1) is 12.4 Å². The monoisotopic (exact) mass is 276 g/mol. The Balaban J connectivity index is 0.00000162. The highest BCUT2D eigenvalue weighted by atomic mass is 35.5. The Labute approximate surface area is 115 Å². The van der Waals surface area contributed by atoms with E-state index >= 15 is 0 Å². The number of nitrogens with two attached hydrogens (primary N) is 1. The van der Waals surface area contributed by atoms with E-state index in [1.54, 1.807) is 0 Å². The van der Waals surface area contributed by atoms with Gasteiger partial charge in [-0.3, -0.25) is 4.79 Å². The first-order chi connectivity index (χ1) is 8.18. The lowest BCUT2D eigenvalue weighted by Crippen LogP contribution is -2.52. The second-order valence-corrected chi connectivity index (χ2v) is 5.58. The van der Waals surface area contributed by atoms with Gasteiger partial charge in [0.15, 0.2) is 0 Å². The average molecular weight is 277 g/mol. The van der Waals surface area contributed by atoms with Crippen molar-refractivity contribution in [2.45, 2.75) is 45.1 Å². The molecule has 2 unspecified atom stereocenters. The van der Waals surface area contributed by atoms with E-state index in [4.69, 9.17) is 10.5 Å². The van der Waals surface area contributed by atoms with Gasteiger partial charge in [-0.25, -0.2) is 0 Å². The summed E-state index contributed by atoms with van der Waals surface area (Å²) in [5.41, 5.74) is 5.46. The minimum Gasteiger partial charge on any atom is -0.381 e. The van der Waals surface area contributed by atoms with Crippen LogP contribution in [0, 0.1) is 11.3 Å². The number of halogens is 1. The van der Waals surface area contributed by atoms with Gasteiger partial charge in [0.05, 0.1) is 5.41 Å². The third-order valence-electron chi connectivity index (χ3n) is 4.50. The van der Waals surface area contributed by atoms with Crippen LogP contribution in [0.4, 0.5) is 0 Å². The second-order valence-electron chi connectivity index (χ2n) is 5.58. The minimum absolute atomic E-state index is 0. The molecule has 1 heterocycles. The number of amides is 1. The molecule has 1 aliphatic carbocycles. The van der Waals surface area contributed by atoms with Crippen molar-refractivity contribution >= 4 is 18.3 Å². The normalized spacial score (nSPS) is 30.6. The van der Waals surface area contributed by atoms with Crippen molar-refractivity contribution in [3.8, 4) is 0 Å². The standard InChI is InChI=1S/C13H24N2O2.ClH/c1-10-3-2-4-11(10)15-12(16)13(9-14)5-7-17-8-6-13;/h10-11H,2-9,14H2,1H3,(H,15,16);1H. The van der Waals surface area contributed by atoms with E-state index in [1.165, 1.54) is 12.8 Å². The lowest BCUT2D eigenvalue weighted by atomic mass is 9.79. The highest BCUT2D eigenvalue weighted by molar-refractivity contribution is 5.85. The minimum atomic E-state index is -0.374. The molecule has 106 valence electrons. The maximum Gasteiger partial charge on any atom is 0.227 e. The van der Waals surface area contributed by atoms with Gasteiger partial charge >= 0.3 is 0 Å². The summed E-state index contributed by atoms with van der Waals surface area (Å²) in [5, 5.41) is 3.22. The van der Waals surface area contributed by atoms with Crippen molar-refractivity contribution in [1.29, 1.82) is 0 Å². The molecule has 0 spiro atoms. The smallest absolute Gasteiger partial charge is 0.227 e. The first-order valence-electron chi connectivity index (χ1n) is 6.77. The second kappa shape index (κ2) is 6.73. The van der Waals surface area contributed by atoms with Crippen molar-refractivity contribution in [1.82, 2.24) is 5.32 Å². The summed E-state index contributed by atoms with van der Waals surface area (Å²) in [6.07, 6.45) is 5.09. The van der Waals surface area contributed by atoms with Crippen molar-refractivity contribution in [2.75, 3.05) is 19.8 Å². The third-order valence-corrected chi connectivity index (χ3v) is 4.50. The van der Waals surface area contributed by atoms with Crippen LogP contribution in [-0.2, 0) is 9.53 Å². The lowest BCUT2D eigenvalue weighted by Gasteiger charge is -2.36. The van der Waals surface area contributed by atoms with Crippen LogP contribution < -0.4 is 11.1 Å². The van der Waals surface area contributed by atoms with Gasteiger partial charge in [-0.2, -0.15) is 0 Å². The Morgan fingerprint density at radius 3 is 2.56 bits per heavy atom. The third kappa shape index (κ3) is 3.16. The zero-order valence-electron chi connectivity index (χ0n) is 11.1. The SMILES string of the molecule is CC1CCCC1NC(=O)C1(CN)CCOCC1.Cl. The number of hydrogen-bond donors (Lipinski definition) is 2. The number of carbonyl (C=O) groups excluding carboxylic acids is 1. The Bertz CT molecular complexity index is 280. The fourth-order valence-corrected chi connectivity index (χ4v) is 2.97. The predicted octanol–water partition coefficient (Wildman–Crippen LogP) is 1.47. The van der Waals surface area contributed by atoms with Crippen LogP contribution in [0.3, 0.4) is 0 Å². The first-order valence-corrected chi connectivity index (χ1v) is 6.77. The fourth-order valence-electron chi connectivity index (χ4n) is 2.97. The molecular weight excluding hydrogens is 252 g/mol. The molecule has 0 aromatic rings. The van der Waals surface area contributed by atoms with Gasteiger partial charge < -0.3 is 15.8 Å². The number of ether oxygens (including phenoxy) is 1. The molecule has 2 aliphatic rings. The number of hydrogen-bond acceptors (Lipinski definition) is 3. The van der Waals surface area contributed by atoms with Crippen LogP contribution in [0.2, 0.25) is 0 Å². The summed E-state index contributed by atoms with van der Waals surface area (Å²) in [5.74, 6) is 0.760. The van der Waals surface area contributed by atoms with E-state index in [1.807, 2.05) is 0 Å². The quantitative estimate of drug-likeness (QED) is 0.820. The van der Waals surface area contributed by atoms with E-state index in [0.717, 1.165) is 19.3 Å². The zero-order chi connectivity index (χ0) is 12.3. The maximum atomic E-state index is 12.4. The first kappa shape index (κ1) is 15.7.